The lowest BCUT2D eigenvalue weighted by Crippen LogP contribution is -1.94. The highest BCUT2D eigenvalue weighted by Crippen LogP contribution is 2.29. The first-order valence-corrected chi connectivity index (χ1v) is 6.63. The molecule has 0 saturated heterocycles. The Hall–Kier alpha value is -2.82. The van der Waals surface area contributed by atoms with Gasteiger partial charge in [-0.05, 0) is 43.3 Å². The van der Waals surface area contributed by atoms with E-state index in [-0.39, 0.29) is 5.75 Å². The molecule has 2 aromatic carbocycles. The van der Waals surface area contributed by atoms with Gasteiger partial charge in [0.1, 0.15) is 11.5 Å². The minimum Gasteiger partial charge on any atom is -0.508 e. The molecule has 0 unspecified atom stereocenters. The summed E-state index contributed by atoms with van der Waals surface area (Å²) in [7, 11) is 0. The van der Waals surface area contributed by atoms with Crippen molar-refractivity contribution >= 4 is 0 Å². The molecule has 0 amide bonds. The lowest BCUT2D eigenvalue weighted by atomic mass is 10.2. The van der Waals surface area contributed by atoms with Gasteiger partial charge in [0.25, 0.3) is 5.89 Å². The maximum Gasteiger partial charge on any atom is 0.258 e. The number of phenolic OH excluding ortho intramolecular Hbond substituents is 1. The maximum absolute atomic E-state index is 9.30. The Morgan fingerprint density at radius 1 is 1.10 bits per heavy atom. The summed E-state index contributed by atoms with van der Waals surface area (Å²) in [5.41, 5.74) is 1.54. The molecule has 0 atom stereocenters. The Morgan fingerprint density at radius 2 is 1.86 bits per heavy atom. The van der Waals surface area contributed by atoms with Gasteiger partial charge in [0.05, 0.1) is 12.2 Å². The van der Waals surface area contributed by atoms with E-state index in [1.807, 2.05) is 31.2 Å². The van der Waals surface area contributed by atoms with Crippen LogP contribution in [0.1, 0.15) is 6.92 Å². The molecule has 1 N–H and O–H groups in total. The standard InChI is InChI=1S/C16H14N2O3/c1-2-20-14-6-4-3-5-13(14)15-17-16(21-18-15)11-7-9-12(19)10-8-11/h3-10,19H,2H2,1H3. The van der Waals surface area contributed by atoms with Crippen LogP contribution in [0.2, 0.25) is 0 Å². The molecular weight excluding hydrogens is 268 g/mol. The van der Waals surface area contributed by atoms with Crippen molar-refractivity contribution in [1.82, 2.24) is 10.1 Å². The minimum absolute atomic E-state index is 0.195. The normalized spacial score (nSPS) is 10.5. The number of benzene rings is 2. The van der Waals surface area contributed by atoms with E-state index >= 15 is 0 Å². The van der Waals surface area contributed by atoms with E-state index in [4.69, 9.17) is 9.26 Å². The van der Waals surface area contributed by atoms with E-state index < -0.39 is 0 Å². The van der Waals surface area contributed by atoms with Gasteiger partial charge in [-0.25, -0.2) is 0 Å². The van der Waals surface area contributed by atoms with E-state index in [1.165, 1.54) is 0 Å². The molecular formula is C16H14N2O3. The van der Waals surface area contributed by atoms with Gasteiger partial charge in [0.2, 0.25) is 5.82 Å². The maximum atomic E-state index is 9.30. The fourth-order valence-electron chi connectivity index (χ4n) is 1.99. The van der Waals surface area contributed by atoms with E-state index in [0.717, 1.165) is 16.9 Å². The molecule has 1 heterocycles. The molecule has 0 bridgehead atoms. The summed E-state index contributed by atoms with van der Waals surface area (Å²) in [6, 6.07) is 14.2. The summed E-state index contributed by atoms with van der Waals surface area (Å²) < 4.78 is 10.8. The highest BCUT2D eigenvalue weighted by atomic mass is 16.5. The van der Waals surface area contributed by atoms with Crippen LogP contribution < -0.4 is 4.74 Å². The predicted molar refractivity (Wildman–Crippen MR) is 78.0 cm³/mol. The third kappa shape index (κ3) is 2.72. The lowest BCUT2D eigenvalue weighted by Gasteiger charge is -2.05. The van der Waals surface area contributed by atoms with Gasteiger partial charge < -0.3 is 14.4 Å². The van der Waals surface area contributed by atoms with Crippen molar-refractivity contribution < 1.29 is 14.4 Å². The zero-order chi connectivity index (χ0) is 14.7. The molecule has 5 nitrogen and oxygen atoms in total. The molecule has 0 radical (unpaired) electrons. The summed E-state index contributed by atoms with van der Waals surface area (Å²) in [6.07, 6.45) is 0. The Balaban J connectivity index is 1.97. The molecule has 0 saturated carbocycles. The van der Waals surface area contributed by atoms with Gasteiger partial charge in [0.15, 0.2) is 0 Å². The van der Waals surface area contributed by atoms with Crippen molar-refractivity contribution in [1.29, 1.82) is 0 Å². The summed E-state index contributed by atoms with van der Waals surface area (Å²) in [5, 5.41) is 13.3. The first-order chi connectivity index (χ1) is 10.3. The van der Waals surface area contributed by atoms with Gasteiger partial charge in [-0.3, -0.25) is 0 Å². The van der Waals surface area contributed by atoms with Crippen LogP contribution in [0.5, 0.6) is 11.5 Å². The van der Waals surface area contributed by atoms with Crippen molar-refractivity contribution in [2.75, 3.05) is 6.61 Å². The molecule has 0 fully saturated rings. The second kappa shape index (κ2) is 5.66. The third-order valence-electron chi connectivity index (χ3n) is 2.97. The highest BCUT2D eigenvalue weighted by Gasteiger charge is 2.14. The van der Waals surface area contributed by atoms with Crippen LogP contribution in [0.15, 0.2) is 53.1 Å². The van der Waals surface area contributed by atoms with Crippen molar-refractivity contribution in [3.05, 3.63) is 48.5 Å². The second-order valence-electron chi connectivity index (χ2n) is 4.40. The first kappa shape index (κ1) is 13.2. The number of hydrogen-bond donors (Lipinski definition) is 1. The number of para-hydroxylation sites is 1. The Kier molecular flexibility index (Phi) is 3.55. The zero-order valence-corrected chi connectivity index (χ0v) is 11.5. The Labute approximate surface area is 121 Å². The molecule has 0 aliphatic heterocycles. The summed E-state index contributed by atoms with van der Waals surface area (Å²) in [6.45, 7) is 2.49. The second-order valence-corrected chi connectivity index (χ2v) is 4.40. The smallest absolute Gasteiger partial charge is 0.258 e. The van der Waals surface area contributed by atoms with E-state index in [1.54, 1.807) is 24.3 Å². The molecule has 5 heteroatoms. The predicted octanol–water partition coefficient (Wildman–Crippen LogP) is 3.51. The van der Waals surface area contributed by atoms with Crippen LogP contribution in [-0.2, 0) is 0 Å². The zero-order valence-electron chi connectivity index (χ0n) is 11.5. The average Bonchev–Trinajstić information content (AvgIpc) is 2.99. The minimum atomic E-state index is 0.195. The van der Waals surface area contributed by atoms with E-state index in [2.05, 4.69) is 10.1 Å². The monoisotopic (exact) mass is 282 g/mol. The Morgan fingerprint density at radius 3 is 2.62 bits per heavy atom. The largest absolute Gasteiger partial charge is 0.508 e. The summed E-state index contributed by atoms with van der Waals surface area (Å²) >= 11 is 0. The average molecular weight is 282 g/mol. The number of aromatic hydroxyl groups is 1. The number of ether oxygens (including phenoxy) is 1. The number of hydrogen-bond acceptors (Lipinski definition) is 5. The van der Waals surface area contributed by atoms with Crippen molar-refractivity contribution in [2.45, 2.75) is 6.92 Å². The molecule has 0 aliphatic rings. The number of phenols is 1. The van der Waals surface area contributed by atoms with Gasteiger partial charge in [-0.15, -0.1) is 0 Å². The van der Waals surface area contributed by atoms with Gasteiger partial charge >= 0.3 is 0 Å². The quantitative estimate of drug-likeness (QED) is 0.793. The van der Waals surface area contributed by atoms with E-state index in [0.29, 0.717) is 18.3 Å². The van der Waals surface area contributed by atoms with Gasteiger partial charge in [0, 0.05) is 5.56 Å². The van der Waals surface area contributed by atoms with Gasteiger partial charge in [-0.2, -0.15) is 4.98 Å². The van der Waals surface area contributed by atoms with Crippen LogP contribution in [0.4, 0.5) is 0 Å². The number of nitrogens with zero attached hydrogens (tertiary/aromatic N) is 2. The van der Waals surface area contributed by atoms with Crippen molar-refractivity contribution in [2.24, 2.45) is 0 Å². The lowest BCUT2D eigenvalue weighted by molar-refractivity contribution is 0.341. The van der Waals surface area contributed by atoms with Crippen LogP contribution in [-0.4, -0.2) is 21.9 Å². The van der Waals surface area contributed by atoms with Crippen molar-refractivity contribution in [3.8, 4) is 34.3 Å². The first-order valence-electron chi connectivity index (χ1n) is 6.63. The topological polar surface area (TPSA) is 68.4 Å². The fourth-order valence-corrected chi connectivity index (χ4v) is 1.99. The van der Waals surface area contributed by atoms with Crippen LogP contribution >= 0.6 is 0 Å². The van der Waals surface area contributed by atoms with Crippen LogP contribution in [0.25, 0.3) is 22.8 Å². The third-order valence-corrected chi connectivity index (χ3v) is 2.97. The van der Waals surface area contributed by atoms with Crippen molar-refractivity contribution in [3.63, 3.8) is 0 Å². The summed E-state index contributed by atoms with van der Waals surface area (Å²) in [5.74, 6) is 1.79. The number of rotatable bonds is 4. The van der Waals surface area contributed by atoms with E-state index in [9.17, 15) is 5.11 Å². The fraction of sp³-hybridized carbons (Fsp3) is 0.125. The molecule has 1 aromatic heterocycles. The Bertz CT molecular complexity index is 735. The molecule has 3 rings (SSSR count). The van der Waals surface area contributed by atoms with Crippen LogP contribution in [0.3, 0.4) is 0 Å². The van der Waals surface area contributed by atoms with Crippen LogP contribution in [0, 0.1) is 0 Å². The molecule has 0 aliphatic carbocycles. The van der Waals surface area contributed by atoms with Gasteiger partial charge in [-0.1, -0.05) is 17.3 Å². The molecule has 21 heavy (non-hydrogen) atoms. The number of aromatic nitrogens is 2. The summed E-state index contributed by atoms with van der Waals surface area (Å²) in [4.78, 5) is 4.38. The molecule has 0 spiro atoms. The SMILES string of the molecule is CCOc1ccccc1-c1noc(-c2ccc(O)cc2)n1. The molecule has 3 aromatic rings. The highest BCUT2D eigenvalue weighted by molar-refractivity contribution is 5.66. The molecule has 106 valence electrons.